The molecule has 1 aliphatic rings. The van der Waals surface area contributed by atoms with Gasteiger partial charge in [-0.15, -0.1) is 0 Å². The van der Waals surface area contributed by atoms with E-state index in [1.54, 1.807) is 20.8 Å². The topological polar surface area (TPSA) is 75.6 Å². The molecule has 1 aliphatic carbocycles. The highest BCUT2D eigenvalue weighted by Gasteiger charge is 2.24. The molecule has 0 spiro atoms. The number of carbonyl (C=O) groups excluding carboxylic acids is 1. The highest BCUT2D eigenvalue weighted by molar-refractivity contribution is 5.80. The quantitative estimate of drug-likeness (QED) is 0.897. The summed E-state index contributed by atoms with van der Waals surface area (Å²) in [5.74, 6) is -1.06. The summed E-state index contributed by atoms with van der Waals surface area (Å²) in [5, 5.41) is 11.7. The molecular formula is C17H23NO4. The van der Waals surface area contributed by atoms with Gasteiger partial charge in [0.2, 0.25) is 0 Å². The SMILES string of the molecule is CC(C)(C)OC(=O)NC(Cc1ccc2c(c1)CCC2)C(=O)O. The maximum Gasteiger partial charge on any atom is 0.408 e. The van der Waals surface area contributed by atoms with E-state index in [9.17, 15) is 14.7 Å². The maximum absolute atomic E-state index is 11.8. The van der Waals surface area contributed by atoms with E-state index >= 15 is 0 Å². The summed E-state index contributed by atoms with van der Waals surface area (Å²) >= 11 is 0. The molecule has 1 unspecified atom stereocenters. The number of carboxylic acids is 1. The second kappa shape index (κ2) is 6.38. The van der Waals surface area contributed by atoms with E-state index in [4.69, 9.17) is 4.74 Å². The number of hydrogen-bond donors (Lipinski definition) is 2. The van der Waals surface area contributed by atoms with E-state index < -0.39 is 23.7 Å². The third-order valence-corrected chi connectivity index (χ3v) is 3.59. The number of amides is 1. The van der Waals surface area contributed by atoms with Crippen molar-refractivity contribution < 1.29 is 19.4 Å². The molecule has 22 heavy (non-hydrogen) atoms. The van der Waals surface area contributed by atoms with Crippen molar-refractivity contribution in [2.24, 2.45) is 0 Å². The fourth-order valence-electron chi connectivity index (χ4n) is 2.64. The summed E-state index contributed by atoms with van der Waals surface area (Å²) < 4.78 is 5.12. The lowest BCUT2D eigenvalue weighted by Gasteiger charge is -2.22. The molecule has 0 saturated heterocycles. The Hall–Kier alpha value is -2.04. The van der Waals surface area contributed by atoms with Gasteiger partial charge in [0.1, 0.15) is 11.6 Å². The first-order valence-electron chi connectivity index (χ1n) is 7.57. The molecule has 0 saturated carbocycles. The minimum atomic E-state index is -1.06. The van der Waals surface area contributed by atoms with E-state index in [0.29, 0.717) is 0 Å². The molecule has 0 bridgehead atoms. The number of rotatable bonds is 4. The van der Waals surface area contributed by atoms with Gasteiger partial charge in [-0.1, -0.05) is 18.2 Å². The lowest BCUT2D eigenvalue weighted by Crippen LogP contribution is -2.44. The van der Waals surface area contributed by atoms with Crippen LogP contribution in [0.3, 0.4) is 0 Å². The molecule has 0 aromatic heterocycles. The second-order valence-electron chi connectivity index (χ2n) is 6.70. The average Bonchev–Trinajstić information content (AvgIpc) is 2.82. The summed E-state index contributed by atoms with van der Waals surface area (Å²) in [4.78, 5) is 23.1. The van der Waals surface area contributed by atoms with E-state index in [2.05, 4.69) is 17.4 Å². The van der Waals surface area contributed by atoms with Gasteiger partial charge in [-0.05, 0) is 56.7 Å². The zero-order valence-corrected chi connectivity index (χ0v) is 13.3. The molecule has 0 aliphatic heterocycles. The van der Waals surface area contributed by atoms with E-state index in [1.165, 1.54) is 11.1 Å². The number of aliphatic carboxylic acids is 1. The minimum absolute atomic E-state index is 0.252. The molecule has 1 atom stereocenters. The van der Waals surface area contributed by atoms with Crippen molar-refractivity contribution in [3.8, 4) is 0 Å². The Bertz CT molecular complexity index is 575. The highest BCUT2D eigenvalue weighted by Crippen LogP contribution is 2.23. The number of aryl methyl sites for hydroxylation is 2. The Labute approximate surface area is 130 Å². The molecule has 2 N–H and O–H groups in total. The molecule has 0 fully saturated rings. The Balaban J connectivity index is 2.03. The molecular weight excluding hydrogens is 282 g/mol. The number of ether oxygens (including phenoxy) is 1. The lowest BCUT2D eigenvalue weighted by atomic mass is 10.0. The van der Waals surface area contributed by atoms with Crippen LogP contribution in [0, 0.1) is 0 Å². The normalized spacial score (nSPS) is 15.0. The van der Waals surface area contributed by atoms with E-state index in [-0.39, 0.29) is 6.42 Å². The third kappa shape index (κ3) is 4.48. The zero-order chi connectivity index (χ0) is 16.3. The zero-order valence-electron chi connectivity index (χ0n) is 13.3. The molecule has 5 nitrogen and oxygen atoms in total. The first kappa shape index (κ1) is 16.3. The van der Waals surface area contributed by atoms with Gasteiger partial charge in [-0.2, -0.15) is 0 Å². The molecule has 5 heteroatoms. The van der Waals surface area contributed by atoms with Gasteiger partial charge in [-0.3, -0.25) is 0 Å². The van der Waals surface area contributed by atoms with Crippen molar-refractivity contribution in [1.29, 1.82) is 0 Å². The second-order valence-corrected chi connectivity index (χ2v) is 6.70. The number of hydrogen-bond acceptors (Lipinski definition) is 3. The average molecular weight is 305 g/mol. The predicted molar refractivity (Wildman–Crippen MR) is 83.0 cm³/mol. The van der Waals surface area contributed by atoms with E-state index in [0.717, 1.165) is 24.8 Å². The van der Waals surface area contributed by atoms with Crippen LogP contribution < -0.4 is 5.32 Å². The van der Waals surface area contributed by atoms with Crippen molar-refractivity contribution >= 4 is 12.1 Å². The lowest BCUT2D eigenvalue weighted by molar-refractivity contribution is -0.139. The number of carboxylic acid groups (broad SMARTS) is 1. The van der Waals surface area contributed by atoms with Gasteiger partial charge in [0, 0.05) is 6.42 Å². The first-order chi connectivity index (χ1) is 10.2. The fourth-order valence-corrected chi connectivity index (χ4v) is 2.64. The Morgan fingerprint density at radius 1 is 1.27 bits per heavy atom. The van der Waals surface area contributed by atoms with Crippen molar-refractivity contribution in [3.05, 3.63) is 34.9 Å². The standard InChI is InChI=1S/C17H23NO4/c1-17(2,3)22-16(21)18-14(15(19)20)10-11-7-8-12-5-4-6-13(12)9-11/h7-9,14H,4-6,10H2,1-3H3,(H,18,21)(H,19,20). The van der Waals surface area contributed by atoms with Crippen LogP contribution in [0.1, 0.15) is 43.9 Å². The molecule has 1 aromatic carbocycles. The molecule has 0 radical (unpaired) electrons. The first-order valence-corrected chi connectivity index (χ1v) is 7.57. The van der Waals surface area contributed by atoms with Crippen molar-refractivity contribution in [2.75, 3.05) is 0 Å². The van der Waals surface area contributed by atoms with Crippen LogP contribution in [0.25, 0.3) is 0 Å². The number of benzene rings is 1. The summed E-state index contributed by atoms with van der Waals surface area (Å²) in [7, 11) is 0. The van der Waals surface area contributed by atoms with Gasteiger partial charge in [-0.25, -0.2) is 9.59 Å². The summed E-state index contributed by atoms with van der Waals surface area (Å²) in [6.07, 6.45) is 2.83. The molecule has 0 heterocycles. The monoisotopic (exact) mass is 305 g/mol. The molecule has 120 valence electrons. The van der Waals surface area contributed by atoms with Gasteiger partial charge < -0.3 is 15.2 Å². The highest BCUT2D eigenvalue weighted by atomic mass is 16.6. The van der Waals surface area contributed by atoms with Crippen LogP contribution in [0.4, 0.5) is 4.79 Å². The summed E-state index contributed by atoms with van der Waals surface area (Å²) in [5.41, 5.74) is 2.90. The fraction of sp³-hybridized carbons (Fsp3) is 0.529. The van der Waals surface area contributed by atoms with Crippen LogP contribution in [0.2, 0.25) is 0 Å². The van der Waals surface area contributed by atoms with Crippen molar-refractivity contribution in [1.82, 2.24) is 5.32 Å². The summed E-state index contributed by atoms with van der Waals surface area (Å²) in [6, 6.07) is 5.06. The molecule has 1 amide bonds. The number of fused-ring (bicyclic) bond motifs is 1. The summed E-state index contributed by atoms with van der Waals surface area (Å²) in [6.45, 7) is 5.22. The van der Waals surface area contributed by atoms with Gasteiger partial charge in [0.25, 0.3) is 0 Å². The predicted octanol–water partition coefficient (Wildman–Crippen LogP) is 2.70. The Morgan fingerprint density at radius 2 is 1.95 bits per heavy atom. The Morgan fingerprint density at radius 3 is 2.59 bits per heavy atom. The number of carbonyl (C=O) groups is 2. The van der Waals surface area contributed by atoms with E-state index in [1.807, 2.05) is 6.07 Å². The van der Waals surface area contributed by atoms with Gasteiger partial charge >= 0.3 is 12.1 Å². The molecule has 1 aromatic rings. The number of nitrogens with one attached hydrogen (secondary N) is 1. The van der Waals surface area contributed by atoms with Crippen LogP contribution in [0.15, 0.2) is 18.2 Å². The van der Waals surface area contributed by atoms with Crippen LogP contribution in [-0.4, -0.2) is 28.8 Å². The number of alkyl carbamates (subject to hydrolysis) is 1. The minimum Gasteiger partial charge on any atom is -0.480 e. The van der Waals surface area contributed by atoms with Crippen LogP contribution in [-0.2, 0) is 28.8 Å². The van der Waals surface area contributed by atoms with Crippen molar-refractivity contribution in [2.45, 2.75) is 58.1 Å². The van der Waals surface area contributed by atoms with Gasteiger partial charge in [0.15, 0.2) is 0 Å². The smallest absolute Gasteiger partial charge is 0.408 e. The van der Waals surface area contributed by atoms with Gasteiger partial charge in [0.05, 0.1) is 0 Å². The molecule has 2 rings (SSSR count). The van der Waals surface area contributed by atoms with Crippen LogP contribution >= 0.6 is 0 Å². The Kier molecular flexibility index (Phi) is 4.74. The maximum atomic E-state index is 11.8. The van der Waals surface area contributed by atoms with Crippen LogP contribution in [0.5, 0.6) is 0 Å². The third-order valence-electron chi connectivity index (χ3n) is 3.59. The van der Waals surface area contributed by atoms with Crippen molar-refractivity contribution in [3.63, 3.8) is 0 Å². The largest absolute Gasteiger partial charge is 0.480 e.